The number of carbonyl (C=O) groups excluding carboxylic acids is 2. The molecule has 0 spiro atoms. The molecule has 0 bridgehead atoms. The largest absolute Gasteiger partial charge is 0.490 e. The van der Waals surface area contributed by atoms with Crippen molar-refractivity contribution in [3.8, 4) is 11.5 Å². The summed E-state index contributed by atoms with van der Waals surface area (Å²) in [5.41, 5.74) is 3.06. The summed E-state index contributed by atoms with van der Waals surface area (Å²) in [6, 6.07) is 5.38. The molecular formula is C18H27N3O5. The number of rotatable bonds is 12. The molecule has 8 heteroatoms. The average Bonchev–Trinajstić information content (AvgIpc) is 2.61. The number of nitrogens with one attached hydrogen (secondary N) is 2. The van der Waals surface area contributed by atoms with E-state index in [-0.39, 0.29) is 12.3 Å². The highest BCUT2D eigenvalue weighted by atomic mass is 16.5. The zero-order valence-electron chi connectivity index (χ0n) is 15.5. The summed E-state index contributed by atoms with van der Waals surface area (Å²) in [4.78, 5) is 23.1. The molecule has 0 saturated heterocycles. The van der Waals surface area contributed by atoms with Gasteiger partial charge >= 0.3 is 0 Å². The summed E-state index contributed by atoms with van der Waals surface area (Å²) in [7, 11) is 1.53. The first-order valence-corrected chi connectivity index (χ1v) is 8.57. The molecule has 26 heavy (non-hydrogen) atoms. The zero-order chi connectivity index (χ0) is 19.2. The minimum Gasteiger partial charge on any atom is -0.490 e. The molecule has 0 heterocycles. The maximum absolute atomic E-state index is 11.7. The van der Waals surface area contributed by atoms with Crippen molar-refractivity contribution >= 4 is 18.0 Å². The van der Waals surface area contributed by atoms with Crippen LogP contribution in [-0.4, -0.2) is 51.5 Å². The van der Waals surface area contributed by atoms with Crippen molar-refractivity contribution in [3.63, 3.8) is 0 Å². The van der Waals surface area contributed by atoms with Crippen LogP contribution in [-0.2, 0) is 14.3 Å². The third kappa shape index (κ3) is 8.48. The van der Waals surface area contributed by atoms with Crippen molar-refractivity contribution in [2.75, 3.05) is 33.5 Å². The molecule has 0 atom stereocenters. The SMILES string of the molecule is CCCOc1ccc(C=NNC(=O)CC(=O)NCCOC)cc1OCC. The molecule has 8 nitrogen and oxygen atoms in total. The van der Waals surface area contributed by atoms with Gasteiger partial charge in [-0.1, -0.05) is 6.92 Å². The van der Waals surface area contributed by atoms with Crippen molar-refractivity contribution in [2.24, 2.45) is 5.10 Å². The molecule has 0 aliphatic carbocycles. The molecule has 2 N–H and O–H groups in total. The number of amides is 2. The van der Waals surface area contributed by atoms with Gasteiger partial charge in [0.2, 0.25) is 11.8 Å². The number of carbonyl (C=O) groups is 2. The molecule has 0 aromatic heterocycles. The van der Waals surface area contributed by atoms with Gasteiger partial charge in [-0.25, -0.2) is 5.43 Å². The van der Waals surface area contributed by atoms with E-state index in [0.29, 0.717) is 37.9 Å². The molecule has 0 unspecified atom stereocenters. The van der Waals surface area contributed by atoms with E-state index in [1.165, 1.54) is 13.3 Å². The van der Waals surface area contributed by atoms with Gasteiger partial charge in [0.1, 0.15) is 6.42 Å². The monoisotopic (exact) mass is 365 g/mol. The fourth-order valence-electron chi connectivity index (χ4n) is 1.92. The lowest BCUT2D eigenvalue weighted by Gasteiger charge is -2.11. The second-order valence-electron chi connectivity index (χ2n) is 5.30. The van der Waals surface area contributed by atoms with Crippen LogP contribution in [0.1, 0.15) is 32.3 Å². The number of hydrogen-bond donors (Lipinski definition) is 2. The van der Waals surface area contributed by atoms with Gasteiger partial charge in [-0.05, 0) is 37.1 Å². The number of benzene rings is 1. The van der Waals surface area contributed by atoms with E-state index in [9.17, 15) is 9.59 Å². The lowest BCUT2D eigenvalue weighted by Crippen LogP contribution is -2.31. The first-order chi connectivity index (χ1) is 12.6. The minimum absolute atomic E-state index is 0.297. The Kier molecular flexibility index (Phi) is 10.5. The van der Waals surface area contributed by atoms with Crippen LogP contribution in [0.4, 0.5) is 0 Å². The lowest BCUT2D eigenvalue weighted by molar-refractivity contribution is -0.129. The van der Waals surface area contributed by atoms with Crippen molar-refractivity contribution in [2.45, 2.75) is 26.7 Å². The number of nitrogens with zero attached hydrogens (tertiary/aromatic N) is 1. The molecule has 0 saturated carbocycles. The molecule has 0 aliphatic rings. The van der Waals surface area contributed by atoms with Crippen molar-refractivity contribution < 1.29 is 23.8 Å². The molecule has 0 aliphatic heterocycles. The average molecular weight is 365 g/mol. The molecule has 2 amide bonds. The Morgan fingerprint density at radius 2 is 1.92 bits per heavy atom. The highest BCUT2D eigenvalue weighted by Crippen LogP contribution is 2.28. The van der Waals surface area contributed by atoms with E-state index in [1.54, 1.807) is 18.2 Å². The Morgan fingerprint density at radius 1 is 1.12 bits per heavy atom. The van der Waals surface area contributed by atoms with Crippen LogP contribution in [0.2, 0.25) is 0 Å². The summed E-state index contributed by atoms with van der Waals surface area (Å²) in [5, 5.41) is 6.42. The second kappa shape index (κ2) is 12.7. The molecule has 144 valence electrons. The molecule has 1 aromatic carbocycles. The third-order valence-electron chi connectivity index (χ3n) is 3.08. The van der Waals surface area contributed by atoms with E-state index >= 15 is 0 Å². The molecule has 1 aromatic rings. The Bertz CT molecular complexity index is 604. The zero-order valence-corrected chi connectivity index (χ0v) is 15.5. The Morgan fingerprint density at radius 3 is 2.62 bits per heavy atom. The first kappa shape index (κ1) is 21.4. The maximum Gasteiger partial charge on any atom is 0.249 e. The van der Waals surface area contributed by atoms with Crippen LogP contribution in [0.25, 0.3) is 0 Å². The molecule has 0 radical (unpaired) electrons. The van der Waals surface area contributed by atoms with Gasteiger partial charge in [0.15, 0.2) is 11.5 Å². The summed E-state index contributed by atoms with van der Waals surface area (Å²) in [6.45, 7) is 5.79. The minimum atomic E-state index is -0.496. The molecule has 0 fully saturated rings. The van der Waals surface area contributed by atoms with E-state index in [1.807, 2.05) is 13.8 Å². The lowest BCUT2D eigenvalue weighted by atomic mass is 10.2. The second-order valence-corrected chi connectivity index (χ2v) is 5.30. The van der Waals surface area contributed by atoms with Crippen molar-refractivity contribution in [1.82, 2.24) is 10.7 Å². The van der Waals surface area contributed by atoms with Crippen LogP contribution >= 0.6 is 0 Å². The summed E-state index contributed by atoms with van der Waals surface area (Å²) < 4.78 is 16.0. The summed E-state index contributed by atoms with van der Waals surface area (Å²) in [6.07, 6.45) is 2.09. The van der Waals surface area contributed by atoms with Crippen LogP contribution in [0.5, 0.6) is 11.5 Å². The number of hydrogen-bond acceptors (Lipinski definition) is 6. The van der Waals surface area contributed by atoms with Gasteiger partial charge in [-0.15, -0.1) is 0 Å². The molecule has 1 rings (SSSR count). The third-order valence-corrected chi connectivity index (χ3v) is 3.08. The normalized spacial score (nSPS) is 10.6. The number of methoxy groups -OCH3 is 1. The first-order valence-electron chi connectivity index (χ1n) is 8.57. The number of ether oxygens (including phenoxy) is 3. The van der Waals surface area contributed by atoms with Crippen LogP contribution in [0.3, 0.4) is 0 Å². The van der Waals surface area contributed by atoms with Crippen LogP contribution in [0, 0.1) is 0 Å². The van der Waals surface area contributed by atoms with E-state index in [0.717, 1.165) is 12.0 Å². The maximum atomic E-state index is 11.7. The highest BCUT2D eigenvalue weighted by Gasteiger charge is 2.08. The van der Waals surface area contributed by atoms with Crippen molar-refractivity contribution in [3.05, 3.63) is 23.8 Å². The van der Waals surface area contributed by atoms with E-state index < -0.39 is 5.91 Å². The number of hydrazone groups is 1. The van der Waals surface area contributed by atoms with Gasteiger partial charge in [0.05, 0.1) is 26.0 Å². The van der Waals surface area contributed by atoms with Gasteiger partial charge in [-0.3, -0.25) is 9.59 Å². The fourth-order valence-corrected chi connectivity index (χ4v) is 1.92. The quantitative estimate of drug-likeness (QED) is 0.253. The smallest absolute Gasteiger partial charge is 0.249 e. The van der Waals surface area contributed by atoms with Crippen molar-refractivity contribution in [1.29, 1.82) is 0 Å². The van der Waals surface area contributed by atoms with Gasteiger partial charge in [0.25, 0.3) is 0 Å². The van der Waals surface area contributed by atoms with Gasteiger partial charge in [0, 0.05) is 13.7 Å². The highest BCUT2D eigenvalue weighted by molar-refractivity contribution is 5.97. The van der Waals surface area contributed by atoms with Crippen LogP contribution in [0.15, 0.2) is 23.3 Å². The van der Waals surface area contributed by atoms with Crippen LogP contribution < -0.4 is 20.2 Å². The topological polar surface area (TPSA) is 98.2 Å². The fraction of sp³-hybridized carbons (Fsp3) is 0.500. The summed E-state index contributed by atoms with van der Waals surface area (Å²) in [5.74, 6) is 0.409. The van der Waals surface area contributed by atoms with E-state index in [2.05, 4.69) is 15.8 Å². The summed E-state index contributed by atoms with van der Waals surface area (Å²) >= 11 is 0. The van der Waals surface area contributed by atoms with Gasteiger partial charge < -0.3 is 19.5 Å². The Labute approximate surface area is 153 Å². The predicted molar refractivity (Wildman–Crippen MR) is 98.6 cm³/mol. The van der Waals surface area contributed by atoms with E-state index in [4.69, 9.17) is 14.2 Å². The Hall–Kier alpha value is -2.61. The Balaban J connectivity index is 2.55. The standard InChI is InChI=1S/C18H27N3O5/c1-4-9-26-15-7-6-14(11-16(15)25-5-2)13-20-21-18(23)12-17(22)19-8-10-24-3/h6-7,11,13H,4-5,8-10,12H2,1-3H3,(H,19,22)(H,21,23). The predicted octanol–water partition coefficient (Wildman–Crippen LogP) is 1.48. The molecular weight excluding hydrogens is 338 g/mol. The van der Waals surface area contributed by atoms with Gasteiger partial charge in [-0.2, -0.15) is 5.10 Å².